The molecule has 0 atom stereocenters. The molecule has 3 aromatic carbocycles. The molecule has 6 nitrogen and oxygen atoms in total. The van der Waals surface area contributed by atoms with Gasteiger partial charge < -0.3 is 19.1 Å². The minimum atomic E-state index is -1.08. The number of pyridine rings is 1. The van der Waals surface area contributed by atoms with Crippen LogP contribution < -0.4 is 4.74 Å². The number of fused-ring (bicyclic) bond motifs is 3. The zero-order chi connectivity index (χ0) is 23.5. The second kappa shape index (κ2) is 9.37. The maximum Gasteiger partial charge on any atom is 0.354 e. The minimum absolute atomic E-state index is 0.00836. The molecule has 0 unspecified atom stereocenters. The normalized spacial score (nSPS) is 11.2. The van der Waals surface area contributed by atoms with E-state index in [4.69, 9.17) is 9.47 Å². The summed E-state index contributed by atoms with van der Waals surface area (Å²) in [5.74, 6) is -0.390. The first-order valence-electron chi connectivity index (χ1n) is 11.0. The number of hydrogen-bond donors (Lipinski definition) is 1. The second-order valence-corrected chi connectivity index (χ2v) is 8.08. The first-order valence-corrected chi connectivity index (χ1v) is 11.0. The lowest BCUT2D eigenvalue weighted by atomic mass is 10.1. The number of carboxylic acids is 1. The molecule has 34 heavy (non-hydrogen) atoms. The summed E-state index contributed by atoms with van der Waals surface area (Å²) in [6, 6.07) is 26.0. The average molecular weight is 453 g/mol. The third-order valence-corrected chi connectivity index (χ3v) is 5.91. The van der Waals surface area contributed by atoms with Gasteiger partial charge in [-0.2, -0.15) is 0 Å². The Morgan fingerprint density at radius 1 is 0.853 bits per heavy atom. The van der Waals surface area contributed by atoms with Crippen LogP contribution in [0.1, 0.15) is 27.2 Å². The summed E-state index contributed by atoms with van der Waals surface area (Å²) < 4.78 is 13.9. The van der Waals surface area contributed by atoms with E-state index in [0.29, 0.717) is 24.5 Å². The summed E-state index contributed by atoms with van der Waals surface area (Å²) in [4.78, 5) is 16.3. The van der Waals surface area contributed by atoms with Gasteiger partial charge in [0.05, 0.1) is 29.2 Å². The lowest BCUT2D eigenvalue weighted by Gasteiger charge is -2.10. The Bertz CT molecular complexity index is 1460. The van der Waals surface area contributed by atoms with Crippen molar-refractivity contribution in [3.8, 4) is 5.75 Å². The van der Waals surface area contributed by atoms with Crippen LogP contribution in [0.5, 0.6) is 5.75 Å². The van der Waals surface area contributed by atoms with Crippen LogP contribution in [0.25, 0.3) is 21.8 Å². The number of ether oxygens (including phenoxy) is 2. The fourth-order valence-electron chi connectivity index (χ4n) is 4.41. The number of benzene rings is 3. The lowest BCUT2D eigenvalue weighted by molar-refractivity contribution is 0.0685. The van der Waals surface area contributed by atoms with Gasteiger partial charge in [0.1, 0.15) is 12.4 Å². The molecule has 0 aliphatic carbocycles. The SMILES string of the molecule is COCc1c(C(=O)O)ncc2c1c1c(OCc3ccccc3)cccc1n2Cc1ccccc1. The van der Waals surface area contributed by atoms with Gasteiger partial charge in [-0.15, -0.1) is 0 Å². The van der Waals surface area contributed by atoms with Crippen LogP contribution in [0.3, 0.4) is 0 Å². The molecule has 2 aromatic heterocycles. The molecule has 2 heterocycles. The zero-order valence-corrected chi connectivity index (χ0v) is 18.8. The van der Waals surface area contributed by atoms with Gasteiger partial charge in [0.2, 0.25) is 0 Å². The van der Waals surface area contributed by atoms with Crippen molar-refractivity contribution in [1.29, 1.82) is 0 Å². The molecular formula is C28H24N2O4. The van der Waals surface area contributed by atoms with Gasteiger partial charge in [0.25, 0.3) is 0 Å². The monoisotopic (exact) mass is 452 g/mol. The summed E-state index contributed by atoms with van der Waals surface area (Å²) >= 11 is 0. The fourth-order valence-corrected chi connectivity index (χ4v) is 4.41. The molecule has 0 spiro atoms. The van der Waals surface area contributed by atoms with Crippen molar-refractivity contribution in [1.82, 2.24) is 9.55 Å². The van der Waals surface area contributed by atoms with Crippen LogP contribution in [-0.2, 0) is 24.5 Å². The van der Waals surface area contributed by atoms with Gasteiger partial charge in [-0.05, 0) is 23.3 Å². The summed E-state index contributed by atoms with van der Waals surface area (Å²) in [6.45, 7) is 1.15. The fraction of sp³-hybridized carbons (Fsp3) is 0.143. The Balaban J connectivity index is 1.76. The highest BCUT2D eigenvalue weighted by Gasteiger charge is 2.23. The topological polar surface area (TPSA) is 73.6 Å². The van der Waals surface area contributed by atoms with Crippen molar-refractivity contribution in [3.05, 3.63) is 107 Å². The first kappa shape index (κ1) is 21.7. The number of nitrogens with zero attached hydrogens (tertiary/aromatic N) is 2. The highest BCUT2D eigenvalue weighted by atomic mass is 16.5. The van der Waals surface area contributed by atoms with Crippen LogP contribution in [0.15, 0.2) is 85.1 Å². The maximum absolute atomic E-state index is 12.0. The van der Waals surface area contributed by atoms with E-state index < -0.39 is 5.97 Å². The lowest BCUT2D eigenvalue weighted by Crippen LogP contribution is -2.08. The smallest absolute Gasteiger partial charge is 0.354 e. The van der Waals surface area contributed by atoms with Crippen LogP contribution in [-0.4, -0.2) is 27.7 Å². The molecule has 0 radical (unpaired) electrons. The van der Waals surface area contributed by atoms with E-state index in [9.17, 15) is 9.90 Å². The summed E-state index contributed by atoms with van der Waals surface area (Å²) in [7, 11) is 1.56. The van der Waals surface area contributed by atoms with Crippen LogP contribution in [0.4, 0.5) is 0 Å². The van der Waals surface area contributed by atoms with Gasteiger partial charge in [0.15, 0.2) is 5.69 Å². The van der Waals surface area contributed by atoms with Crippen LogP contribution >= 0.6 is 0 Å². The zero-order valence-electron chi connectivity index (χ0n) is 18.8. The van der Waals surface area contributed by atoms with Gasteiger partial charge in [0, 0.05) is 24.6 Å². The molecule has 0 amide bonds. The number of carboxylic acid groups (broad SMARTS) is 1. The van der Waals surface area contributed by atoms with Gasteiger partial charge in [-0.3, -0.25) is 0 Å². The predicted molar refractivity (Wildman–Crippen MR) is 131 cm³/mol. The molecular weight excluding hydrogens is 428 g/mol. The third kappa shape index (κ3) is 4.00. The number of aromatic carboxylic acids is 1. The van der Waals surface area contributed by atoms with Gasteiger partial charge in [-0.1, -0.05) is 66.7 Å². The van der Waals surface area contributed by atoms with Crippen molar-refractivity contribution in [2.45, 2.75) is 19.8 Å². The Hall–Kier alpha value is -4.16. The van der Waals surface area contributed by atoms with Crippen molar-refractivity contribution in [2.75, 3.05) is 7.11 Å². The highest BCUT2D eigenvalue weighted by molar-refractivity contribution is 6.14. The molecule has 6 heteroatoms. The summed E-state index contributed by atoms with van der Waals surface area (Å²) in [5, 5.41) is 11.5. The standard InChI is InChI=1S/C28H24N2O4/c1-33-18-21-25-23(15-29-27(21)28(31)32)30(16-19-9-4-2-5-10-19)22-13-8-14-24(26(22)25)34-17-20-11-6-3-7-12-20/h2-15H,16-18H2,1H3,(H,31,32). The number of carbonyl (C=O) groups is 1. The van der Waals surface area contributed by atoms with Crippen molar-refractivity contribution >= 4 is 27.8 Å². The van der Waals surface area contributed by atoms with Crippen molar-refractivity contribution < 1.29 is 19.4 Å². The maximum atomic E-state index is 12.0. The molecule has 0 aliphatic rings. The third-order valence-electron chi connectivity index (χ3n) is 5.91. The minimum Gasteiger partial charge on any atom is -0.488 e. The van der Waals surface area contributed by atoms with Gasteiger partial charge in [-0.25, -0.2) is 9.78 Å². The molecule has 0 bridgehead atoms. The molecule has 0 fully saturated rings. The van der Waals surface area contributed by atoms with E-state index in [0.717, 1.165) is 32.9 Å². The molecule has 5 aromatic rings. The van der Waals surface area contributed by atoms with E-state index in [1.807, 2.05) is 66.7 Å². The summed E-state index contributed by atoms with van der Waals surface area (Å²) in [5.41, 5.74) is 4.51. The Morgan fingerprint density at radius 3 is 2.24 bits per heavy atom. The molecule has 0 aliphatic heterocycles. The number of hydrogen-bond acceptors (Lipinski definition) is 4. The van der Waals surface area contributed by atoms with Crippen LogP contribution in [0, 0.1) is 0 Å². The number of rotatable bonds is 8. The average Bonchev–Trinajstić information content (AvgIpc) is 3.18. The number of aromatic nitrogens is 2. The van der Waals surface area contributed by atoms with E-state index in [1.165, 1.54) is 0 Å². The summed E-state index contributed by atoms with van der Waals surface area (Å²) in [6.07, 6.45) is 1.64. The predicted octanol–water partition coefficient (Wildman–Crippen LogP) is 5.66. The number of methoxy groups -OCH3 is 1. The first-order chi connectivity index (χ1) is 16.7. The van der Waals surface area contributed by atoms with Crippen molar-refractivity contribution in [3.63, 3.8) is 0 Å². The van der Waals surface area contributed by atoms with E-state index in [1.54, 1.807) is 13.3 Å². The van der Waals surface area contributed by atoms with E-state index in [-0.39, 0.29) is 12.3 Å². The highest BCUT2D eigenvalue weighted by Crippen LogP contribution is 2.39. The Morgan fingerprint density at radius 2 is 1.56 bits per heavy atom. The Labute approximate surface area is 197 Å². The van der Waals surface area contributed by atoms with Crippen molar-refractivity contribution in [2.24, 2.45) is 0 Å². The second-order valence-electron chi connectivity index (χ2n) is 8.08. The molecule has 1 N–H and O–H groups in total. The van der Waals surface area contributed by atoms with E-state index >= 15 is 0 Å². The van der Waals surface area contributed by atoms with E-state index in [2.05, 4.69) is 21.7 Å². The Kier molecular flexibility index (Phi) is 5.97. The van der Waals surface area contributed by atoms with Gasteiger partial charge >= 0.3 is 5.97 Å². The van der Waals surface area contributed by atoms with Crippen LogP contribution in [0.2, 0.25) is 0 Å². The molecule has 0 saturated heterocycles. The molecule has 5 rings (SSSR count). The largest absolute Gasteiger partial charge is 0.488 e. The molecule has 170 valence electrons. The molecule has 0 saturated carbocycles. The quantitative estimate of drug-likeness (QED) is 0.329.